The van der Waals surface area contributed by atoms with Crippen LogP contribution in [0.15, 0.2) is 55.0 Å². The Hall–Kier alpha value is -3.15. The number of hydrogen-bond acceptors (Lipinski definition) is 4. The fourth-order valence-corrected chi connectivity index (χ4v) is 2.19. The number of anilines is 2. The van der Waals surface area contributed by atoms with Crippen LogP contribution in [0.5, 0.6) is 0 Å². The van der Waals surface area contributed by atoms with E-state index in [1.807, 2.05) is 37.4 Å². The number of primary amides is 1. The molecule has 3 aromatic rings. The fourth-order valence-electron chi connectivity index (χ4n) is 2.19. The minimum atomic E-state index is -0.510. The zero-order valence-corrected chi connectivity index (χ0v) is 12.0. The number of carbonyl (C=O) groups excluding carboxylic acids is 1. The molecule has 0 aliphatic heterocycles. The van der Waals surface area contributed by atoms with Gasteiger partial charge in [0.15, 0.2) is 0 Å². The van der Waals surface area contributed by atoms with Crippen molar-refractivity contribution in [2.45, 2.75) is 0 Å². The Morgan fingerprint density at radius 2 is 1.95 bits per heavy atom. The third-order valence-corrected chi connectivity index (χ3v) is 3.31. The zero-order valence-electron chi connectivity index (χ0n) is 12.0. The van der Waals surface area contributed by atoms with Crippen LogP contribution in [0.2, 0.25) is 0 Å². The van der Waals surface area contributed by atoms with Gasteiger partial charge in [-0.15, -0.1) is 0 Å². The van der Waals surface area contributed by atoms with Gasteiger partial charge in [-0.25, -0.2) is 0 Å². The molecule has 0 radical (unpaired) electrons. The summed E-state index contributed by atoms with van der Waals surface area (Å²) in [5.74, 6) is 0.305. The second-order valence-electron chi connectivity index (χ2n) is 4.85. The van der Waals surface area contributed by atoms with Crippen LogP contribution >= 0.6 is 0 Å². The molecule has 6 heteroatoms. The van der Waals surface area contributed by atoms with Crippen LogP contribution in [0.3, 0.4) is 0 Å². The molecule has 2 heterocycles. The van der Waals surface area contributed by atoms with E-state index in [0.717, 1.165) is 16.9 Å². The normalized spacial score (nSPS) is 10.4. The van der Waals surface area contributed by atoms with Gasteiger partial charge in [-0.3, -0.25) is 14.5 Å². The molecule has 110 valence electrons. The van der Waals surface area contributed by atoms with E-state index >= 15 is 0 Å². The highest BCUT2D eigenvalue weighted by Gasteiger charge is 2.11. The smallest absolute Gasteiger partial charge is 0.250 e. The highest BCUT2D eigenvalue weighted by atomic mass is 16.1. The van der Waals surface area contributed by atoms with Crippen LogP contribution in [0.25, 0.3) is 11.1 Å². The van der Waals surface area contributed by atoms with Crippen molar-refractivity contribution in [1.29, 1.82) is 0 Å². The van der Waals surface area contributed by atoms with Gasteiger partial charge in [0.1, 0.15) is 5.82 Å². The van der Waals surface area contributed by atoms with Gasteiger partial charge in [-0.1, -0.05) is 30.3 Å². The highest BCUT2D eigenvalue weighted by Crippen LogP contribution is 2.29. The average molecular weight is 293 g/mol. The van der Waals surface area contributed by atoms with E-state index in [0.29, 0.717) is 11.3 Å². The van der Waals surface area contributed by atoms with Crippen LogP contribution in [0.4, 0.5) is 11.5 Å². The average Bonchev–Trinajstić information content (AvgIpc) is 2.89. The number of aryl methyl sites for hydroxylation is 1. The standard InChI is InChI=1S/C16H15N5O/c1-21-16(14(10-19-21)11-5-3-2-4-6-11)20-13-7-12(15(17)22)8-18-9-13/h2-10,20H,1H3,(H2,17,22). The van der Waals surface area contributed by atoms with Gasteiger partial charge >= 0.3 is 0 Å². The number of nitrogens with zero attached hydrogens (tertiary/aromatic N) is 3. The van der Waals surface area contributed by atoms with Gasteiger partial charge in [-0.05, 0) is 11.6 Å². The number of rotatable bonds is 4. The molecular formula is C16H15N5O. The molecule has 0 saturated carbocycles. The molecule has 2 aromatic heterocycles. The molecular weight excluding hydrogens is 278 g/mol. The van der Waals surface area contributed by atoms with Crippen molar-refractivity contribution in [3.8, 4) is 11.1 Å². The molecule has 22 heavy (non-hydrogen) atoms. The molecule has 0 aliphatic carbocycles. The minimum absolute atomic E-state index is 0.355. The molecule has 0 atom stereocenters. The maximum Gasteiger partial charge on any atom is 0.250 e. The lowest BCUT2D eigenvalue weighted by atomic mass is 10.1. The monoisotopic (exact) mass is 293 g/mol. The molecule has 0 aliphatic rings. The van der Waals surface area contributed by atoms with Crippen molar-refractivity contribution in [2.24, 2.45) is 12.8 Å². The van der Waals surface area contributed by atoms with E-state index in [4.69, 9.17) is 5.73 Å². The summed E-state index contributed by atoms with van der Waals surface area (Å²) in [6.07, 6.45) is 4.87. The first-order chi connectivity index (χ1) is 10.6. The second-order valence-corrected chi connectivity index (χ2v) is 4.85. The number of amides is 1. The van der Waals surface area contributed by atoms with Crippen molar-refractivity contribution < 1.29 is 4.79 Å². The molecule has 3 N–H and O–H groups in total. The molecule has 0 bridgehead atoms. The SMILES string of the molecule is Cn1ncc(-c2ccccc2)c1Nc1cncc(C(N)=O)c1. The Balaban J connectivity index is 1.98. The van der Waals surface area contributed by atoms with Crippen LogP contribution in [0, 0.1) is 0 Å². The summed E-state index contributed by atoms with van der Waals surface area (Å²) >= 11 is 0. The predicted molar refractivity (Wildman–Crippen MR) is 84.7 cm³/mol. The van der Waals surface area contributed by atoms with Crippen LogP contribution < -0.4 is 11.1 Å². The number of nitrogens with two attached hydrogens (primary N) is 1. The summed E-state index contributed by atoms with van der Waals surface area (Å²) in [6.45, 7) is 0. The van der Waals surface area contributed by atoms with Gasteiger partial charge in [0.25, 0.3) is 0 Å². The number of carbonyl (C=O) groups is 1. The summed E-state index contributed by atoms with van der Waals surface area (Å²) in [5, 5.41) is 7.53. The summed E-state index contributed by atoms with van der Waals surface area (Å²) in [4.78, 5) is 15.3. The predicted octanol–water partition coefficient (Wildman–Crippen LogP) is 2.32. The molecule has 0 unspecified atom stereocenters. The molecule has 6 nitrogen and oxygen atoms in total. The van der Waals surface area contributed by atoms with Crippen molar-refractivity contribution in [3.63, 3.8) is 0 Å². The van der Waals surface area contributed by atoms with Crippen LogP contribution in [-0.4, -0.2) is 20.7 Å². The molecule has 1 aromatic carbocycles. The zero-order chi connectivity index (χ0) is 15.5. The van der Waals surface area contributed by atoms with Gasteiger partial charge in [-0.2, -0.15) is 5.10 Å². The lowest BCUT2D eigenvalue weighted by molar-refractivity contribution is 0.1000. The number of nitrogens with one attached hydrogen (secondary N) is 1. The maximum atomic E-state index is 11.2. The van der Waals surface area contributed by atoms with E-state index in [2.05, 4.69) is 15.4 Å². The largest absolute Gasteiger partial charge is 0.366 e. The number of hydrogen-bond donors (Lipinski definition) is 2. The minimum Gasteiger partial charge on any atom is -0.366 e. The Morgan fingerprint density at radius 1 is 1.18 bits per heavy atom. The number of benzene rings is 1. The Kier molecular flexibility index (Phi) is 3.57. The van der Waals surface area contributed by atoms with Crippen LogP contribution in [-0.2, 0) is 7.05 Å². The summed E-state index contributed by atoms with van der Waals surface area (Å²) < 4.78 is 1.74. The Labute approximate surface area is 127 Å². The Bertz CT molecular complexity index is 810. The first kappa shape index (κ1) is 13.8. The fraction of sp³-hybridized carbons (Fsp3) is 0.0625. The van der Waals surface area contributed by atoms with Crippen molar-refractivity contribution in [1.82, 2.24) is 14.8 Å². The second kappa shape index (κ2) is 5.69. The van der Waals surface area contributed by atoms with E-state index < -0.39 is 5.91 Å². The molecule has 0 spiro atoms. The lowest BCUT2D eigenvalue weighted by Crippen LogP contribution is -2.11. The third-order valence-electron chi connectivity index (χ3n) is 3.31. The van der Waals surface area contributed by atoms with Gasteiger partial charge in [0.05, 0.1) is 23.6 Å². The first-order valence-electron chi connectivity index (χ1n) is 6.74. The molecule has 3 rings (SSSR count). The maximum absolute atomic E-state index is 11.2. The molecule has 1 amide bonds. The quantitative estimate of drug-likeness (QED) is 0.773. The third kappa shape index (κ3) is 2.67. The summed E-state index contributed by atoms with van der Waals surface area (Å²) in [6, 6.07) is 11.6. The lowest BCUT2D eigenvalue weighted by Gasteiger charge is -2.10. The molecule has 0 saturated heterocycles. The Morgan fingerprint density at radius 3 is 2.68 bits per heavy atom. The first-order valence-corrected chi connectivity index (χ1v) is 6.74. The van der Waals surface area contributed by atoms with Crippen LogP contribution in [0.1, 0.15) is 10.4 Å². The number of pyridine rings is 1. The summed E-state index contributed by atoms with van der Waals surface area (Å²) in [7, 11) is 1.85. The number of aromatic nitrogens is 3. The van der Waals surface area contributed by atoms with Gasteiger partial charge in [0, 0.05) is 18.8 Å². The van der Waals surface area contributed by atoms with E-state index in [9.17, 15) is 4.79 Å². The van der Waals surface area contributed by atoms with Crippen molar-refractivity contribution >= 4 is 17.4 Å². The summed E-state index contributed by atoms with van der Waals surface area (Å²) in [5.41, 5.74) is 8.33. The van der Waals surface area contributed by atoms with E-state index in [1.165, 1.54) is 6.20 Å². The van der Waals surface area contributed by atoms with Crippen molar-refractivity contribution in [3.05, 3.63) is 60.6 Å². The van der Waals surface area contributed by atoms with Gasteiger partial charge in [0.2, 0.25) is 5.91 Å². The molecule has 0 fully saturated rings. The van der Waals surface area contributed by atoms with Crippen molar-refractivity contribution in [2.75, 3.05) is 5.32 Å². The van der Waals surface area contributed by atoms with E-state index in [-0.39, 0.29) is 0 Å². The van der Waals surface area contributed by atoms with Gasteiger partial charge < -0.3 is 11.1 Å². The highest BCUT2D eigenvalue weighted by molar-refractivity contribution is 5.93. The van der Waals surface area contributed by atoms with E-state index in [1.54, 1.807) is 23.1 Å². The topological polar surface area (TPSA) is 85.8 Å².